The fourth-order valence-corrected chi connectivity index (χ4v) is 3.71. The minimum atomic E-state index is -0.817. The van der Waals surface area contributed by atoms with Crippen molar-refractivity contribution in [3.8, 4) is 16.9 Å². The number of hydrogen-bond acceptors (Lipinski definition) is 7. The Morgan fingerprint density at radius 3 is 2.71 bits per heavy atom. The van der Waals surface area contributed by atoms with Crippen LogP contribution in [0.1, 0.15) is 23.6 Å². The zero-order valence-electron chi connectivity index (χ0n) is 17.4. The summed E-state index contributed by atoms with van der Waals surface area (Å²) in [5.41, 5.74) is 6.55. The van der Waals surface area contributed by atoms with Gasteiger partial charge in [0.15, 0.2) is 5.54 Å². The fourth-order valence-electron chi connectivity index (χ4n) is 3.71. The third-order valence-electron chi connectivity index (χ3n) is 5.19. The molecule has 0 spiro atoms. The molecular formula is C24H23N3O4. The predicted octanol–water partition coefficient (Wildman–Crippen LogP) is 3.76. The molecule has 158 valence electrons. The van der Waals surface area contributed by atoms with E-state index in [0.717, 1.165) is 33.6 Å². The highest BCUT2D eigenvalue weighted by Crippen LogP contribution is 2.40. The van der Waals surface area contributed by atoms with Crippen molar-refractivity contribution in [1.29, 1.82) is 0 Å². The molecule has 0 aliphatic carbocycles. The number of amidine groups is 1. The SMILES string of the molecule is CCOc1ccc(C2(c3cccc(-c4cccnc4)c3)COC(NOC=O)=N2)cc1C. The molecule has 1 aromatic heterocycles. The molecule has 0 saturated heterocycles. The van der Waals surface area contributed by atoms with Gasteiger partial charge >= 0.3 is 12.5 Å². The van der Waals surface area contributed by atoms with Crippen LogP contribution in [-0.2, 0) is 19.9 Å². The van der Waals surface area contributed by atoms with Crippen molar-refractivity contribution < 1.29 is 19.1 Å². The number of aryl methyl sites for hydroxylation is 1. The molecule has 31 heavy (non-hydrogen) atoms. The number of hydrogen-bond donors (Lipinski definition) is 1. The van der Waals surface area contributed by atoms with Gasteiger partial charge in [-0.25, -0.2) is 4.99 Å². The van der Waals surface area contributed by atoms with Crippen LogP contribution in [0.4, 0.5) is 0 Å². The second kappa shape index (κ2) is 8.87. The van der Waals surface area contributed by atoms with E-state index in [2.05, 4.69) is 27.4 Å². The molecule has 0 saturated carbocycles. The lowest BCUT2D eigenvalue weighted by Crippen LogP contribution is -2.27. The van der Waals surface area contributed by atoms with Gasteiger partial charge in [0, 0.05) is 12.4 Å². The van der Waals surface area contributed by atoms with Crippen LogP contribution in [0.2, 0.25) is 0 Å². The lowest BCUT2D eigenvalue weighted by molar-refractivity contribution is -0.132. The smallest absolute Gasteiger partial charge is 0.320 e. The number of pyridine rings is 1. The van der Waals surface area contributed by atoms with Gasteiger partial charge in [-0.1, -0.05) is 30.3 Å². The largest absolute Gasteiger partial charge is 0.494 e. The summed E-state index contributed by atoms with van der Waals surface area (Å²) >= 11 is 0. The molecule has 4 rings (SSSR count). The van der Waals surface area contributed by atoms with E-state index < -0.39 is 5.54 Å². The number of aromatic nitrogens is 1. The Labute approximate surface area is 180 Å². The number of rotatable bonds is 7. The van der Waals surface area contributed by atoms with Gasteiger partial charge in [-0.15, -0.1) is 0 Å². The van der Waals surface area contributed by atoms with Crippen LogP contribution in [0.5, 0.6) is 5.75 Å². The summed E-state index contributed by atoms with van der Waals surface area (Å²) in [5, 5.41) is 0. The lowest BCUT2D eigenvalue weighted by atomic mass is 9.82. The summed E-state index contributed by atoms with van der Waals surface area (Å²) in [4.78, 5) is 24.2. The summed E-state index contributed by atoms with van der Waals surface area (Å²) in [6.45, 7) is 5.09. The second-order valence-electron chi connectivity index (χ2n) is 7.12. The van der Waals surface area contributed by atoms with Gasteiger partial charge in [0.1, 0.15) is 12.4 Å². The average Bonchev–Trinajstić information content (AvgIpc) is 3.25. The molecule has 0 radical (unpaired) electrons. The highest BCUT2D eigenvalue weighted by molar-refractivity contribution is 5.77. The Morgan fingerprint density at radius 1 is 1.13 bits per heavy atom. The minimum Gasteiger partial charge on any atom is -0.494 e. The first-order chi connectivity index (χ1) is 15.2. The van der Waals surface area contributed by atoms with Crippen LogP contribution < -0.4 is 10.2 Å². The Hall–Kier alpha value is -3.87. The van der Waals surface area contributed by atoms with E-state index in [9.17, 15) is 4.79 Å². The van der Waals surface area contributed by atoms with Gasteiger partial charge in [0.25, 0.3) is 0 Å². The standard InChI is InChI=1S/C24H23N3O4/c1-3-29-22-10-9-21(12-17(22)2)24(15-30-23(26-24)27-31-16-28)20-8-4-6-18(13-20)19-7-5-11-25-14-19/h4-14,16H,3,15H2,1-2H3,(H,26,27). The van der Waals surface area contributed by atoms with Gasteiger partial charge in [0.05, 0.1) is 6.61 Å². The highest BCUT2D eigenvalue weighted by Gasteiger charge is 2.41. The molecule has 0 amide bonds. The van der Waals surface area contributed by atoms with E-state index in [1.807, 2.05) is 62.5 Å². The van der Waals surface area contributed by atoms with E-state index in [4.69, 9.17) is 14.5 Å². The van der Waals surface area contributed by atoms with Crippen molar-refractivity contribution in [2.24, 2.45) is 4.99 Å². The average molecular weight is 417 g/mol. The number of ether oxygens (including phenoxy) is 2. The number of benzene rings is 2. The molecule has 7 nitrogen and oxygen atoms in total. The van der Waals surface area contributed by atoms with Crippen molar-refractivity contribution in [2.75, 3.05) is 13.2 Å². The molecule has 1 aliphatic heterocycles. The molecular weight excluding hydrogens is 394 g/mol. The van der Waals surface area contributed by atoms with E-state index in [1.165, 1.54) is 0 Å². The predicted molar refractivity (Wildman–Crippen MR) is 116 cm³/mol. The normalized spacial score (nSPS) is 17.4. The Bertz CT molecular complexity index is 1100. The topological polar surface area (TPSA) is 82.0 Å². The molecule has 2 heterocycles. The maximum Gasteiger partial charge on any atom is 0.320 e. The summed E-state index contributed by atoms with van der Waals surface area (Å²) in [7, 11) is 0. The van der Waals surface area contributed by atoms with Crippen LogP contribution in [0.25, 0.3) is 11.1 Å². The van der Waals surface area contributed by atoms with Crippen molar-refractivity contribution >= 4 is 12.5 Å². The van der Waals surface area contributed by atoms with Crippen molar-refractivity contribution in [3.63, 3.8) is 0 Å². The molecule has 2 aromatic carbocycles. The van der Waals surface area contributed by atoms with Crippen LogP contribution >= 0.6 is 0 Å². The van der Waals surface area contributed by atoms with E-state index >= 15 is 0 Å². The minimum absolute atomic E-state index is 0.144. The summed E-state index contributed by atoms with van der Waals surface area (Å²) in [6, 6.07) is 18.2. The molecule has 1 atom stereocenters. The molecule has 7 heteroatoms. The summed E-state index contributed by atoms with van der Waals surface area (Å²) < 4.78 is 11.5. The quantitative estimate of drug-likeness (QED) is 0.466. The van der Waals surface area contributed by atoms with E-state index in [1.54, 1.807) is 6.20 Å². The zero-order valence-corrected chi connectivity index (χ0v) is 17.4. The van der Waals surface area contributed by atoms with Crippen LogP contribution in [0.3, 0.4) is 0 Å². The maximum absolute atomic E-state index is 10.6. The van der Waals surface area contributed by atoms with Crippen LogP contribution in [-0.4, -0.2) is 30.7 Å². The first kappa shape index (κ1) is 20.4. The molecule has 1 unspecified atom stereocenters. The van der Waals surface area contributed by atoms with Gasteiger partial charge in [-0.05, 0) is 65.9 Å². The summed E-state index contributed by atoms with van der Waals surface area (Å²) in [6.07, 6.45) is 3.57. The Kier molecular flexibility index (Phi) is 5.84. The number of nitrogens with zero attached hydrogens (tertiary/aromatic N) is 2. The number of carbonyl (C=O) groups is 1. The first-order valence-corrected chi connectivity index (χ1v) is 9.99. The highest BCUT2D eigenvalue weighted by atomic mass is 16.7. The summed E-state index contributed by atoms with van der Waals surface area (Å²) in [5.74, 6) is 0.830. The van der Waals surface area contributed by atoms with Crippen molar-refractivity contribution in [2.45, 2.75) is 19.4 Å². The number of aliphatic imine (C=N–C) groups is 1. The van der Waals surface area contributed by atoms with Gasteiger partial charge in [-0.2, -0.15) is 5.48 Å². The van der Waals surface area contributed by atoms with Gasteiger partial charge in [-0.3, -0.25) is 9.78 Å². The monoisotopic (exact) mass is 417 g/mol. The Balaban J connectivity index is 1.82. The Morgan fingerprint density at radius 2 is 1.97 bits per heavy atom. The van der Waals surface area contributed by atoms with Gasteiger partial charge < -0.3 is 14.3 Å². The van der Waals surface area contributed by atoms with E-state index in [0.29, 0.717) is 6.61 Å². The van der Waals surface area contributed by atoms with E-state index in [-0.39, 0.29) is 19.1 Å². The third kappa shape index (κ3) is 4.07. The van der Waals surface area contributed by atoms with Crippen LogP contribution in [0.15, 0.2) is 72.0 Å². The fraction of sp³-hybridized carbons (Fsp3) is 0.208. The maximum atomic E-state index is 10.6. The van der Waals surface area contributed by atoms with Crippen LogP contribution in [0, 0.1) is 6.92 Å². The number of nitrogens with one attached hydrogen (secondary N) is 1. The molecule has 1 aliphatic rings. The number of hydroxylamine groups is 1. The second-order valence-corrected chi connectivity index (χ2v) is 7.12. The molecule has 0 bridgehead atoms. The van der Waals surface area contributed by atoms with Crippen molar-refractivity contribution in [3.05, 3.63) is 83.7 Å². The first-order valence-electron chi connectivity index (χ1n) is 9.99. The molecule has 3 aromatic rings. The molecule has 1 N–H and O–H groups in total. The van der Waals surface area contributed by atoms with Gasteiger partial charge in [0.2, 0.25) is 0 Å². The lowest BCUT2D eigenvalue weighted by Gasteiger charge is -2.26. The van der Waals surface area contributed by atoms with Crippen molar-refractivity contribution in [1.82, 2.24) is 10.5 Å². The molecule has 0 fully saturated rings. The number of carbonyl (C=O) groups excluding carboxylic acids is 1. The third-order valence-corrected chi connectivity index (χ3v) is 5.19. The zero-order chi connectivity index (χ0) is 21.7.